The van der Waals surface area contributed by atoms with Crippen molar-refractivity contribution in [3.8, 4) is 0 Å². The van der Waals surface area contributed by atoms with Crippen LogP contribution in [0.3, 0.4) is 0 Å². The summed E-state index contributed by atoms with van der Waals surface area (Å²) in [5, 5.41) is 0. The quantitative estimate of drug-likeness (QED) is 0.719. The number of rotatable bonds is 8. The Kier molecular flexibility index (Phi) is 7.00. The maximum atomic E-state index is 13.4. The van der Waals surface area contributed by atoms with Crippen molar-refractivity contribution in [3.05, 3.63) is 29.6 Å². The lowest BCUT2D eigenvalue weighted by Gasteiger charge is -2.25. The van der Waals surface area contributed by atoms with Crippen molar-refractivity contribution in [2.24, 2.45) is 11.8 Å². The Balaban J connectivity index is 2.68. The molecule has 0 spiro atoms. The normalized spacial score (nSPS) is 11.8. The second kappa shape index (κ2) is 8.25. The molecule has 0 heterocycles. The van der Waals surface area contributed by atoms with Gasteiger partial charge in [-0.15, -0.1) is 0 Å². The highest BCUT2D eigenvalue weighted by Crippen LogP contribution is 2.17. The lowest BCUT2D eigenvalue weighted by Crippen LogP contribution is -2.27. The maximum Gasteiger partial charge on any atom is 0.123 e. The molecule has 114 valence electrons. The molecule has 0 atom stereocenters. The number of hydrogen-bond acceptors (Lipinski definition) is 2. The average Bonchev–Trinajstić information content (AvgIpc) is 2.36. The molecule has 0 fully saturated rings. The van der Waals surface area contributed by atoms with Crippen LogP contribution in [0.5, 0.6) is 0 Å². The molecular weight excluding hydrogens is 251 g/mol. The minimum absolute atomic E-state index is 0.207. The number of halogens is 1. The van der Waals surface area contributed by atoms with Crippen LogP contribution in [0.1, 0.15) is 46.1 Å². The summed E-state index contributed by atoms with van der Waals surface area (Å²) in [6.07, 6.45) is 2.32. The molecule has 0 aliphatic heterocycles. The standard InChI is InChI=1S/C17H29FN2/c1-13(2)7-9-20(10-8-14(3)4)12-15-11-16(18)5-6-17(15)19/h5-6,11,13-14H,7-10,12,19H2,1-4H3. The van der Waals surface area contributed by atoms with Crippen LogP contribution < -0.4 is 5.73 Å². The number of nitrogens with zero attached hydrogens (tertiary/aromatic N) is 1. The zero-order valence-corrected chi connectivity index (χ0v) is 13.3. The molecule has 2 N–H and O–H groups in total. The van der Waals surface area contributed by atoms with Crippen LogP contribution in [-0.4, -0.2) is 18.0 Å². The van der Waals surface area contributed by atoms with Crippen molar-refractivity contribution in [2.75, 3.05) is 18.8 Å². The summed E-state index contributed by atoms with van der Waals surface area (Å²) in [4.78, 5) is 2.39. The fraction of sp³-hybridized carbons (Fsp3) is 0.647. The lowest BCUT2D eigenvalue weighted by atomic mass is 10.1. The van der Waals surface area contributed by atoms with Crippen LogP contribution in [0.25, 0.3) is 0 Å². The van der Waals surface area contributed by atoms with Gasteiger partial charge >= 0.3 is 0 Å². The third-order valence-corrected chi connectivity index (χ3v) is 3.54. The van der Waals surface area contributed by atoms with Crippen molar-refractivity contribution in [1.29, 1.82) is 0 Å². The maximum absolute atomic E-state index is 13.4. The van der Waals surface area contributed by atoms with Crippen LogP contribution in [0.4, 0.5) is 10.1 Å². The lowest BCUT2D eigenvalue weighted by molar-refractivity contribution is 0.236. The fourth-order valence-electron chi connectivity index (χ4n) is 2.10. The molecule has 0 aliphatic rings. The van der Waals surface area contributed by atoms with E-state index < -0.39 is 0 Å². The largest absolute Gasteiger partial charge is 0.398 e. The second-order valence-electron chi connectivity index (χ2n) is 6.48. The van der Waals surface area contributed by atoms with Gasteiger partial charge < -0.3 is 5.73 Å². The van der Waals surface area contributed by atoms with Crippen molar-refractivity contribution < 1.29 is 4.39 Å². The molecule has 0 radical (unpaired) electrons. The van der Waals surface area contributed by atoms with E-state index in [2.05, 4.69) is 32.6 Å². The smallest absolute Gasteiger partial charge is 0.123 e. The second-order valence-corrected chi connectivity index (χ2v) is 6.48. The number of benzene rings is 1. The van der Waals surface area contributed by atoms with E-state index in [1.54, 1.807) is 12.1 Å². The van der Waals surface area contributed by atoms with Gasteiger partial charge in [0.15, 0.2) is 0 Å². The summed E-state index contributed by atoms with van der Waals surface area (Å²) < 4.78 is 13.4. The molecular formula is C17H29FN2. The zero-order chi connectivity index (χ0) is 15.1. The third-order valence-electron chi connectivity index (χ3n) is 3.54. The van der Waals surface area contributed by atoms with Gasteiger partial charge in [0.05, 0.1) is 0 Å². The first-order chi connectivity index (χ1) is 9.38. The average molecular weight is 280 g/mol. The molecule has 1 aromatic rings. The third kappa shape index (κ3) is 6.38. The van der Waals surface area contributed by atoms with Gasteiger partial charge in [-0.3, -0.25) is 4.90 Å². The Morgan fingerprint density at radius 1 is 1.05 bits per heavy atom. The van der Waals surface area contributed by atoms with Crippen LogP contribution in [0.15, 0.2) is 18.2 Å². The van der Waals surface area contributed by atoms with E-state index in [1.807, 2.05) is 0 Å². The molecule has 3 heteroatoms. The van der Waals surface area contributed by atoms with Crippen LogP contribution in [0.2, 0.25) is 0 Å². The molecule has 0 bridgehead atoms. The Morgan fingerprint density at radius 3 is 2.10 bits per heavy atom. The summed E-state index contributed by atoms with van der Waals surface area (Å²) in [6, 6.07) is 4.65. The minimum atomic E-state index is -0.207. The first-order valence-corrected chi connectivity index (χ1v) is 7.64. The number of hydrogen-bond donors (Lipinski definition) is 1. The van der Waals surface area contributed by atoms with Crippen LogP contribution in [-0.2, 0) is 6.54 Å². The van der Waals surface area contributed by atoms with Gasteiger partial charge in [-0.25, -0.2) is 4.39 Å². The fourth-order valence-corrected chi connectivity index (χ4v) is 2.10. The van der Waals surface area contributed by atoms with Gasteiger partial charge in [-0.1, -0.05) is 27.7 Å². The Bertz CT molecular complexity index is 390. The summed E-state index contributed by atoms with van der Waals surface area (Å²) in [5.41, 5.74) is 7.54. The molecule has 0 amide bonds. The molecule has 0 saturated carbocycles. The predicted molar refractivity (Wildman–Crippen MR) is 85.0 cm³/mol. The SMILES string of the molecule is CC(C)CCN(CCC(C)C)Cc1cc(F)ccc1N. The Morgan fingerprint density at radius 2 is 1.60 bits per heavy atom. The predicted octanol–water partition coefficient (Wildman–Crippen LogP) is 4.30. The highest BCUT2D eigenvalue weighted by Gasteiger charge is 2.10. The van der Waals surface area contributed by atoms with Gasteiger partial charge in [0, 0.05) is 12.2 Å². The minimum Gasteiger partial charge on any atom is -0.398 e. The molecule has 0 aliphatic carbocycles. The van der Waals surface area contributed by atoms with Gasteiger partial charge in [-0.05, 0) is 61.5 Å². The number of anilines is 1. The van der Waals surface area contributed by atoms with Crippen molar-refractivity contribution in [3.63, 3.8) is 0 Å². The van der Waals surface area contributed by atoms with Crippen LogP contribution >= 0.6 is 0 Å². The van der Waals surface area contributed by atoms with Crippen molar-refractivity contribution >= 4 is 5.69 Å². The van der Waals surface area contributed by atoms with Gasteiger partial charge in [0.25, 0.3) is 0 Å². The highest BCUT2D eigenvalue weighted by atomic mass is 19.1. The number of nitrogen functional groups attached to an aromatic ring is 1. The number of nitrogens with two attached hydrogens (primary N) is 1. The van der Waals surface area contributed by atoms with E-state index in [4.69, 9.17) is 5.73 Å². The first kappa shape index (κ1) is 17.0. The molecule has 20 heavy (non-hydrogen) atoms. The topological polar surface area (TPSA) is 29.3 Å². The molecule has 0 aromatic heterocycles. The Labute approximate surface area is 123 Å². The molecule has 0 saturated heterocycles. The molecule has 1 aromatic carbocycles. The van der Waals surface area contributed by atoms with Gasteiger partial charge in [-0.2, -0.15) is 0 Å². The van der Waals surface area contributed by atoms with Crippen LogP contribution in [0, 0.1) is 17.7 Å². The molecule has 2 nitrogen and oxygen atoms in total. The highest BCUT2D eigenvalue weighted by molar-refractivity contribution is 5.46. The summed E-state index contributed by atoms with van der Waals surface area (Å²) in [7, 11) is 0. The zero-order valence-electron chi connectivity index (χ0n) is 13.3. The van der Waals surface area contributed by atoms with E-state index in [0.717, 1.165) is 38.0 Å². The van der Waals surface area contributed by atoms with Gasteiger partial charge in [0.1, 0.15) is 5.82 Å². The monoisotopic (exact) mass is 280 g/mol. The van der Waals surface area contributed by atoms with E-state index >= 15 is 0 Å². The van der Waals surface area contributed by atoms with Crippen molar-refractivity contribution in [2.45, 2.75) is 47.1 Å². The molecule has 1 rings (SSSR count). The van der Waals surface area contributed by atoms with E-state index in [1.165, 1.54) is 6.07 Å². The van der Waals surface area contributed by atoms with E-state index in [0.29, 0.717) is 17.5 Å². The first-order valence-electron chi connectivity index (χ1n) is 7.64. The summed E-state index contributed by atoms with van der Waals surface area (Å²) >= 11 is 0. The Hall–Kier alpha value is -1.09. The van der Waals surface area contributed by atoms with Gasteiger partial charge in [0.2, 0.25) is 0 Å². The van der Waals surface area contributed by atoms with E-state index in [9.17, 15) is 4.39 Å². The van der Waals surface area contributed by atoms with E-state index in [-0.39, 0.29) is 5.82 Å². The summed E-state index contributed by atoms with van der Waals surface area (Å²) in [5.74, 6) is 1.16. The summed E-state index contributed by atoms with van der Waals surface area (Å²) in [6.45, 7) is 11.8. The van der Waals surface area contributed by atoms with Crippen molar-refractivity contribution in [1.82, 2.24) is 4.90 Å². The molecule has 0 unspecified atom stereocenters.